The van der Waals surface area contributed by atoms with Gasteiger partial charge in [-0.25, -0.2) is 0 Å². The average Bonchev–Trinajstić information content (AvgIpc) is 2.70. The molecule has 6 heteroatoms. The molecule has 4 rings (SSSR count). The van der Waals surface area contributed by atoms with Crippen molar-refractivity contribution >= 4 is 33.5 Å². The number of carbonyl (C=O) groups is 2. The molecule has 3 aromatic rings. The van der Waals surface area contributed by atoms with Crippen molar-refractivity contribution in [3.63, 3.8) is 0 Å². The van der Waals surface area contributed by atoms with Gasteiger partial charge in [0.1, 0.15) is 17.4 Å². The Morgan fingerprint density at radius 2 is 1.57 bits per heavy atom. The van der Waals surface area contributed by atoms with Crippen molar-refractivity contribution in [3.8, 4) is 11.5 Å². The van der Waals surface area contributed by atoms with Crippen molar-refractivity contribution in [1.29, 1.82) is 0 Å². The van der Waals surface area contributed by atoms with Gasteiger partial charge in [-0.3, -0.25) is 9.59 Å². The summed E-state index contributed by atoms with van der Waals surface area (Å²) in [6.45, 7) is -0.368. The lowest BCUT2D eigenvalue weighted by atomic mass is 9.88. The minimum Gasteiger partial charge on any atom is -0.457 e. The largest absolute Gasteiger partial charge is 0.457 e. The second kappa shape index (κ2) is 7.86. The van der Waals surface area contributed by atoms with E-state index in [1.54, 1.807) is 12.1 Å². The molecular weight excluding hydrogens is 422 g/mol. The summed E-state index contributed by atoms with van der Waals surface area (Å²) in [7, 11) is 0. The van der Waals surface area contributed by atoms with E-state index in [0.717, 1.165) is 15.6 Å². The Bertz CT molecular complexity index is 1000. The molecule has 0 aliphatic carbocycles. The zero-order chi connectivity index (χ0) is 19.5. The highest BCUT2D eigenvalue weighted by Gasteiger charge is 2.33. The van der Waals surface area contributed by atoms with E-state index in [4.69, 9.17) is 9.47 Å². The van der Waals surface area contributed by atoms with Crippen LogP contribution in [0.2, 0.25) is 0 Å². The Hall–Kier alpha value is -3.12. The van der Waals surface area contributed by atoms with Crippen LogP contribution >= 0.6 is 15.9 Å². The molecule has 0 saturated carbocycles. The molecule has 140 valence electrons. The number of para-hydroxylation sites is 2. The van der Waals surface area contributed by atoms with E-state index in [1.807, 2.05) is 60.7 Å². The minimum absolute atomic E-state index is 0.368. The molecule has 0 aromatic heterocycles. The summed E-state index contributed by atoms with van der Waals surface area (Å²) in [6.07, 6.45) is 0. The maximum Gasteiger partial charge on any atom is 0.318 e. The standard InChI is InChI=1S/C22H16BrNO4/c23-14-6-5-7-15(12-14)24-20(25)13-27-22(26)21-16-8-1-3-10-18(16)28-19-11-4-2-9-17(19)21/h1-12,21H,13H2,(H,24,25). The number of hydrogen-bond donors (Lipinski definition) is 1. The third-order valence-corrected chi connectivity index (χ3v) is 4.86. The Balaban J connectivity index is 1.50. The van der Waals surface area contributed by atoms with E-state index in [0.29, 0.717) is 17.2 Å². The van der Waals surface area contributed by atoms with Crippen LogP contribution in [0.25, 0.3) is 0 Å². The third-order valence-electron chi connectivity index (χ3n) is 4.37. The summed E-state index contributed by atoms with van der Waals surface area (Å²) in [5.41, 5.74) is 2.06. The topological polar surface area (TPSA) is 64.6 Å². The van der Waals surface area contributed by atoms with Crippen molar-refractivity contribution < 1.29 is 19.1 Å². The van der Waals surface area contributed by atoms with Crippen LogP contribution in [0.5, 0.6) is 11.5 Å². The second-order valence-electron chi connectivity index (χ2n) is 6.28. The molecule has 0 saturated heterocycles. The predicted octanol–water partition coefficient (Wildman–Crippen LogP) is 4.87. The fourth-order valence-corrected chi connectivity index (χ4v) is 3.55. The molecule has 1 heterocycles. The summed E-state index contributed by atoms with van der Waals surface area (Å²) in [6, 6.07) is 21.9. The highest BCUT2D eigenvalue weighted by atomic mass is 79.9. The van der Waals surface area contributed by atoms with Crippen LogP contribution in [0, 0.1) is 0 Å². The highest BCUT2D eigenvalue weighted by Crippen LogP contribution is 2.44. The van der Waals surface area contributed by atoms with Crippen LogP contribution in [-0.4, -0.2) is 18.5 Å². The lowest BCUT2D eigenvalue weighted by Crippen LogP contribution is -2.26. The van der Waals surface area contributed by atoms with Crippen LogP contribution in [0.1, 0.15) is 17.0 Å². The van der Waals surface area contributed by atoms with E-state index in [2.05, 4.69) is 21.2 Å². The number of amides is 1. The van der Waals surface area contributed by atoms with E-state index in [-0.39, 0.29) is 6.61 Å². The van der Waals surface area contributed by atoms with Gasteiger partial charge in [-0.2, -0.15) is 0 Å². The molecule has 1 amide bonds. The van der Waals surface area contributed by atoms with Crippen LogP contribution in [0.15, 0.2) is 77.3 Å². The summed E-state index contributed by atoms with van der Waals surface area (Å²) < 4.78 is 12.1. The van der Waals surface area contributed by atoms with Gasteiger partial charge >= 0.3 is 5.97 Å². The van der Waals surface area contributed by atoms with Crippen molar-refractivity contribution in [3.05, 3.63) is 88.4 Å². The SMILES string of the molecule is O=C(COC(=O)C1c2ccccc2Oc2ccccc21)Nc1cccc(Br)c1. The van der Waals surface area contributed by atoms with Crippen LogP contribution in [0.3, 0.4) is 0 Å². The summed E-state index contributed by atoms with van der Waals surface area (Å²) in [4.78, 5) is 25.0. The molecule has 3 aromatic carbocycles. The molecule has 28 heavy (non-hydrogen) atoms. The van der Waals surface area contributed by atoms with Crippen molar-refractivity contribution in [2.24, 2.45) is 0 Å². The first-order valence-electron chi connectivity index (χ1n) is 8.69. The maximum absolute atomic E-state index is 12.9. The zero-order valence-electron chi connectivity index (χ0n) is 14.7. The Kier molecular flexibility index (Phi) is 5.12. The number of fused-ring (bicyclic) bond motifs is 2. The number of anilines is 1. The van der Waals surface area contributed by atoms with Gasteiger partial charge < -0.3 is 14.8 Å². The average molecular weight is 438 g/mol. The highest BCUT2D eigenvalue weighted by molar-refractivity contribution is 9.10. The van der Waals surface area contributed by atoms with Gasteiger partial charge in [0.2, 0.25) is 0 Å². The lowest BCUT2D eigenvalue weighted by Gasteiger charge is -2.26. The van der Waals surface area contributed by atoms with Crippen LogP contribution in [-0.2, 0) is 14.3 Å². The summed E-state index contributed by atoms with van der Waals surface area (Å²) >= 11 is 3.35. The number of nitrogens with one attached hydrogen (secondary N) is 1. The van der Waals surface area contributed by atoms with Crippen molar-refractivity contribution in [2.75, 3.05) is 11.9 Å². The first kappa shape index (κ1) is 18.3. The number of carbonyl (C=O) groups excluding carboxylic acids is 2. The molecule has 0 atom stereocenters. The van der Waals surface area contributed by atoms with Gasteiger partial charge in [0.25, 0.3) is 5.91 Å². The number of hydrogen-bond acceptors (Lipinski definition) is 4. The fraction of sp³-hybridized carbons (Fsp3) is 0.0909. The normalized spacial score (nSPS) is 12.3. The first-order chi connectivity index (χ1) is 13.6. The fourth-order valence-electron chi connectivity index (χ4n) is 3.15. The number of benzene rings is 3. The van der Waals surface area contributed by atoms with E-state index in [9.17, 15) is 9.59 Å². The van der Waals surface area contributed by atoms with Gasteiger partial charge in [0, 0.05) is 21.3 Å². The van der Waals surface area contributed by atoms with Gasteiger partial charge in [-0.1, -0.05) is 58.4 Å². The second-order valence-corrected chi connectivity index (χ2v) is 7.19. The smallest absolute Gasteiger partial charge is 0.318 e. The zero-order valence-corrected chi connectivity index (χ0v) is 16.3. The number of rotatable bonds is 4. The van der Waals surface area contributed by atoms with E-state index >= 15 is 0 Å². The van der Waals surface area contributed by atoms with Crippen LogP contribution < -0.4 is 10.1 Å². The molecule has 0 spiro atoms. The van der Waals surface area contributed by atoms with Gasteiger partial charge in [0.05, 0.1) is 0 Å². The van der Waals surface area contributed by atoms with E-state index < -0.39 is 17.8 Å². The molecule has 5 nitrogen and oxygen atoms in total. The molecular formula is C22H16BrNO4. The van der Waals surface area contributed by atoms with E-state index in [1.165, 1.54) is 0 Å². The summed E-state index contributed by atoms with van der Waals surface area (Å²) in [5, 5.41) is 2.71. The van der Waals surface area contributed by atoms with Crippen molar-refractivity contribution in [1.82, 2.24) is 0 Å². The quantitative estimate of drug-likeness (QED) is 0.591. The molecule has 0 fully saturated rings. The minimum atomic E-state index is -0.639. The molecule has 0 bridgehead atoms. The maximum atomic E-state index is 12.9. The number of ether oxygens (including phenoxy) is 2. The lowest BCUT2D eigenvalue weighted by molar-refractivity contribution is -0.148. The van der Waals surface area contributed by atoms with Gasteiger partial charge in [-0.05, 0) is 30.3 Å². The van der Waals surface area contributed by atoms with Gasteiger partial charge in [0.15, 0.2) is 6.61 Å². The molecule has 1 N–H and O–H groups in total. The first-order valence-corrected chi connectivity index (χ1v) is 9.49. The monoisotopic (exact) mass is 437 g/mol. The molecule has 1 aliphatic rings. The third kappa shape index (κ3) is 3.77. The molecule has 0 radical (unpaired) electrons. The number of esters is 1. The van der Waals surface area contributed by atoms with Gasteiger partial charge in [-0.15, -0.1) is 0 Å². The summed E-state index contributed by atoms with van der Waals surface area (Å²) in [5.74, 6) is -0.309. The number of halogens is 1. The van der Waals surface area contributed by atoms with Crippen molar-refractivity contribution in [2.45, 2.75) is 5.92 Å². The predicted molar refractivity (Wildman–Crippen MR) is 109 cm³/mol. The Morgan fingerprint density at radius 1 is 0.929 bits per heavy atom. The molecule has 0 unspecified atom stereocenters. The Morgan fingerprint density at radius 3 is 2.21 bits per heavy atom. The van der Waals surface area contributed by atoms with Crippen LogP contribution in [0.4, 0.5) is 5.69 Å². The Labute approximate surface area is 170 Å². The molecule has 1 aliphatic heterocycles.